The van der Waals surface area contributed by atoms with Crippen LogP contribution in [0, 0.1) is 6.92 Å². The summed E-state index contributed by atoms with van der Waals surface area (Å²) in [6.45, 7) is 11.9. The van der Waals surface area contributed by atoms with Crippen molar-refractivity contribution in [3.8, 4) is 0 Å². The summed E-state index contributed by atoms with van der Waals surface area (Å²) in [6.07, 6.45) is 6.68. The Morgan fingerprint density at radius 1 is 1.11 bits per heavy atom. The van der Waals surface area contributed by atoms with Crippen molar-refractivity contribution in [2.75, 3.05) is 68.8 Å². The van der Waals surface area contributed by atoms with Crippen LogP contribution < -0.4 is 9.80 Å². The highest BCUT2D eigenvalue weighted by Crippen LogP contribution is 2.48. The Bertz CT molecular complexity index is 1490. The Labute approximate surface area is 255 Å². The molecular weight excluding hydrogens is 568 g/mol. The zero-order valence-electron chi connectivity index (χ0n) is 25.1. The summed E-state index contributed by atoms with van der Waals surface area (Å²) in [4.78, 5) is 25.4. The number of hydrogen-bond acceptors (Lipinski definition) is 8. The molecule has 0 aromatic carbocycles. The number of halogens is 2. The summed E-state index contributed by atoms with van der Waals surface area (Å²) in [5, 5.41) is 4.70. The molecule has 2 aromatic rings. The number of piperazine rings is 1. The normalized spacial score (nSPS) is 29.1. The lowest BCUT2D eigenvalue weighted by molar-refractivity contribution is -0.147. The number of rotatable bonds is 4. The van der Waals surface area contributed by atoms with Crippen LogP contribution in [0.3, 0.4) is 0 Å². The highest BCUT2D eigenvalue weighted by Gasteiger charge is 2.51. The van der Waals surface area contributed by atoms with Crippen molar-refractivity contribution in [2.45, 2.75) is 62.4 Å². The third-order valence-electron chi connectivity index (χ3n) is 10.7. The Balaban J connectivity index is 1.03. The van der Waals surface area contributed by atoms with Crippen LogP contribution in [0.4, 0.5) is 20.3 Å². The largest absolute Gasteiger partial charge is 0.376 e. The molecule has 234 valence electrons. The van der Waals surface area contributed by atoms with Crippen LogP contribution >= 0.6 is 0 Å². The molecule has 6 aliphatic heterocycles. The van der Waals surface area contributed by atoms with Gasteiger partial charge in [-0.1, -0.05) is 18.7 Å². The molecule has 0 N–H and O–H groups in total. The second kappa shape index (κ2) is 10.6. The minimum Gasteiger partial charge on any atom is -0.376 e. The first-order chi connectivity index (χ1) is 21.4. The maximum Gasteiger partial charge on any atom is 0.281 e. The van der Waals surface area contributed by atoms with Gasteiger partial charge in [-0.25, -0.2) is 13.8 Å². The average molecular weight is 608 g/mol. The summed E-state index contributed by atoms with van der Waals surface area (Å²) in [5.41, 5.74) is 3.00. The van der Waals surface area contributed by atoms with Crippen molar-refractivity contribution in [3.05, 3.63) is 53.5 Å². The lowest BCUT2D eigenvalue weighted by Crippen LogP contribution is -2.69. The van der Waals surface area contributed by atoms with Gasteiger partial charge in [-0.3, -0.25) is 14.4 Å². The van der Waals surface area contributed by atoms with E-state index in [0.717, 1.165) is 55.8 Å². The molecule has 0 saturated carbocycles. The molecule has 0 radical (unpaired) electrons. The maximum atomic E-state index is 14.5. The second-order valence-corrected chi connectivity index (χ2v) is 13.0. The zero-order valence-corrected chi connectivity index (χ0v) is 25.1. The lowest BCUT2D eigenvalue weighted by Gasteiger charge is -2.55. The molecule has 10 nitrogen and oxygen atoms in total. The first-order valence-corrected chi connectivity index (χ1v) is 15.8. The molecule has 8 rings (SSSR count). The summed E-state index contributed by atoms with van der Waals surface area (Å²) in [6, 6.07) is 2.63. The summed E-state index contributed by atoms with van der Waals surface area (Å²) in [5.74, 6) is 0.577. The number of fused-ring (bicyclic) bond motifs is 7. The SMILES string of the molecule is C=CC(=O)N1CCN([C@@H]2CN3c4cc(N5CCC6(CC5)O[C@H]5COC[C@@H]5n5ncc(C)c56)nc(C(F)F)c4C=CCC23)CC1. The molecule has 44 heavy (non-hydrogen) atoms. The van der Waals surface area contributed by atoms with Crippen molar-refractivity contribution in [1.82, 2.24) is 24.6 Å². The smallest absolute Gasteiger partial charge is 0.281 e. The number of piperidine rings is 1. The standard InChI is InChI=1S/C32H39F2N7O3/c1-3-28(42)39-13-11-37(12-14-39)24-17-40-22(24)6-4-5-21-23(40)15-27(36-29(21)31(33)34)38-9-7-32(8-10-38)30-20(2)16-35-41(30)25-18-43-19-26(25)44-32/h3-5,15-16,22,24-26,31H,1,6-14,17-19H2,2H3/t22?,24-,25+,26+/m1/s1. The van der Waals surface area contributed by atoms with E-state index in [1.807, 2.05) is 29.3 Å². The number of carbonyl (C=O) groups excluding carboxylic acids is 1. The number of hydrogen-bond donors (Lipinski definition) is 0. The number of anilines is 2. The van der Waals surface area contributed by atoms with Gasteiger partial charge in [-0.15, -0.1) is 0 Å². The summed E-state index contributed by atoms with van der Waals surface area (Å²) < 4.78 is 43.7. The van der Waals surface area contributed by atoms with E-state index in [1.54, 1.807) is 0 Å². The van der Waals surface area contributed by atoms with Crippen molar-refractivity contribution >= 4 is 23.5 Å². The van der Waals surface area contributed by atoms with E-state index in [-0.39, 0.29) is 29.8 Å². The van der Waals surface area contributed by atoms with E-state index in [4.69, 9.17) is 14.6 Å². The molecular formula is C32H39F2N7O3. The van der Waals surface area contributed by atoms with Crippen LogP contribution in [-0.2, 0) is 19.9 Å². The van der Waals surface area contributed by atoms with Crippen LogP contribution in [0.2, 0.25) is 0 Å². The number of aromatic nitrogens is 3. The minimum absolute atomic E-state index is 0.0260. The molecule has 6 aliphatic rings. The summed E-state index contributed by atoms with van der Waals surface area (Å²) >= 11 is 0. The maximum absolute atomic E-state index is 14.5. The van der Waals surface area contributed by atoms with Crippen molar-refractivity contribution in [2.24, 2.45) is 0 Å². The van der Waals surface area contributed by atoms with Crippen molar-refractivity contribution in [3.63, 3.8) is 0 Å². The van der Waals surface area contributed by atoms with Crippen LogP contribution in [0.25, 0.3) is 6.08 Å². The fraction of sp³-hybridized carbons (Fsp3) is 0.594. The van der Waals surface area contributed by atoms with E-state index in [1.165, 1.54) is 6.08 Å². The van der Waals surface area contributed by atoms with Gasteiger partial charge in [0.25, 0.3) is 6.43 Å². The van der Waals surface area contributed by atoms with Gasteiger partial charge in [0.15, 0.2) is 0 Å². The summed E-state index contributed by atoms with van der Waals surface area (Å²) in [7, 11) is 0. The number of pyridine rings is 1. The monoisotopic (exact) mass is 607 g/mol. The number of carbonyl (C=O) groups is 1. The molecule has 1 unspecified atom stereocenters. The molecule has 1 spiro atoms. The van der Waals surface area contributed by atoms with Gasteiger partial charge in [0, 0.05) is 69.5 Å². The van der Waals surface area contributed by atoms with Crippen LogP contribution in [0.5, 0.6) is 0 Å². The van der Waals surface area contributed by atoms with Crippen LogP contribution in [0.15, 0.2) is 31.0 Å². The topological polar surface area (TPSA) is 79.2 Å². The molecule has 1 amide bonds. The second-order valence-electron chi connectivity index (χ2n) is 13.0. The van der Waals surface area contributed by atoms with Gasteiger partial charge in [0.05, 0.1) is 30.8 Å². The molecule has 0 bridgehead atoms. The van der Waals surface area contributed by atoms with Gasteiger partial charge in [-0.05, 0) is 37.8 Å². The third-order valence-corrected chi connectivity index (χ3v) is 10.7. The Kier molecular flexibility index (Phi) is 6.80. The van der Waals surface area contributed by atoms with E-state index >= 15 is 0 Å². The quantitative estimate of drug-likeness (QED) is 0.491. The van der Waals surface area contributed by atoms with Gasteiger partial charge < -0.3 is 24.2 Å². The predicted octanol–water partition coefficient (Wildman–Crippen LogP) is 3.29. The Morgan fingerprint density at radius 2 is 1.91 bits per heavy atom. The molecule has 4 fully saturated rings. The lowest BCUT2D eigenvalue weighted by atomic mass is 9.83. The van der Waals surface area contributed by atoms with Crippen LogP contribution in [-0.4, -0.2) is 108 Å². The van der Waals surface area contributed by atoms with Gasteiger partial charge in [0.1, 0.15) is 29.3 Å². The number of ether oxygens (including phenoxy) is 2. The molecule has 8 heterocycles. The number of alkyl halides is 2. The van der Waals surface area contributed by atoms with E-state index in [9.17, 15) is 13.6 Å². The Hall–Kier alpha value is -3.35. The number of aryl methyl sites for hydroxylation is 1. The third kappa shape index (κ3) is 4.32. The first kappa shape index (κ1) is 28.1. The van der Waals surface area contributed by atoms with E-state index < -0.39 is 12.0 Å². The number of nitrogens with zero attached hydrogens (tertiary/aromatic N) is 7. The van der Waals surface area contributed by atoms with Crippen molar-refractivity contribution in [1.29, 1.82) is 0 Å². The number of amides is 1. The van der Waals surface area contributed by atoms with Crippen LogP contribution in [0.1, 0.15) is 54.2 Å². The van der Waals surface area contributed by atoms with Gasteiger partial charge in [-0.2, -0.15) is 5.10 Å². The molecule has 0 aliphatic carbocycles. The molecule has 12 heteroatoms. The highest BCUT2D eigenvalue weighted by atomic mass is 19.3. The zero-order chi connectivity index (χ0) is 30.2. The van der Waals surface area contributed by atoms with Gasteiger partial charge in [0.2, 0.25) is 5.91 Å². The molecule has 4 atom stereocenters. The van der Waals surface area contributed by atoms with E-state index in [0.29, 0.717) is 56.8 Å². The van der Waals surface area contributed by atoms with E-state index in [2.05, 4.69) is 37.9 Å². The fourth-order valence-corrected chi connectivity index (χ4v) is 8.39. The average Bonchev–Trinajstić information content (AvgIpc) is 3.62. The first-order valence-electron chi connectivity index (χ1n) is 15.8. The molecule has 2 aromatic heterocycles. The Morgan fingerprint density at radius 3 is 2.66 bits per heavy atom. The highest BCUT2D eigenvalue weighted by molar-refractivity contribution is 5.87. The minimum atomic E-state index is -2.67. The fourth-order valence-electron chi connectivity index (χ4n) is 8.39. The molecule has 4 saturated heterocycles. The predicted molar refractivity (Wildman–Crippen MR) is 161 cm³/mol. The van der Waals surface area contributed by atoms with Gasteiger partial charge >= 0.3 is 0 Å². The van der Waals surface area contributed by atoms with Crippen molar-refractivity contribution < 1.29 is 23.0 Å².